The first-order valence-corrected chi connectivity index (χ1v) is 9.53. The summed E-state index contributed by atoms with van der Waals surface area (Å²) in [5.41, 5.74) is 7.12. The number of carbonyl (C=O) groups is 1. The number of amides is 1. The van der Waals surface area contributed by atoms with Crippen molar-refractivity contribution in [2.24, 2.45) is 5.92 Å². The lowest BCUT2D eigenvalue weighted by Gasteiger charge is -2.31. The van der Waals surface area contributed by atoms with Crippen molar-refractivity contribution < 1.29 is 9.53 Å². The predicted molar refractivity (Wildman–Crippen MR) is 97.7 cm³/mol. The molecule has 8 nitrogen and oxygen atoms in total. The van der Waals surface area contributed by atoms with Gasteiger partial charge in [0.15, 0.2) is 11.5 Å². The van der Waals surface area contributed by atoms with E-state index in [9.17, 15) is 4.79 Å². The lowest BCUT2D eigenvalue weighted by Crippen LogP contribution is -2.42. The Kier molecular flexibility index (Phi) is 4.95. The second kappa shape index (κ2) is 7.36. The second-order valence-corrected chi connectivity index (χ2v) is 7.44. The van der Waals surface area contributed by atoms with Crippen molar-refractivity contribution in [3.63, 3.8) is 0 Å². The quantitative estimate of drug-likeness (QED) is 0.792. The number of nitrogens with zero attached hydrogens (tertiary/aromatic N) is 4. The number of halogens is 1. The van der Waals surface area contributed by atoms with Crippen LogP contribution in [0, 0.1) is 5.92 Å². The first-order chi connectivity index (χ1) is 12.6. The van der Waals surface area contributed by atoms with Crippen molar-refractivity contribution >= 4 is 34.5 Å². The van der Waals surface area contributed by atoms with Crippen LogP contribution in [0.3, 0.4) is 0 Å². The van der Waals surface area contributed by atoms with Crippen LogP contribution in [0.1, 0.15) is 44.6 Å². The fourth-order valence-electron chi connectivity index (χ4n) is 3.96. The molecule has 1 saturated heterocycles. The van der Waals surface area contributed by atoms with E-state index in [0.29, 0.717) is 17.0 Å². The van der Waals surface area contributed by atoms with Gasteiger partial charge in [-0.1, -0.05) is 0 Å². The third-order valence-corrected chi connectivity index (χ3v) is 5.62. The van der Waals surface area contributed by atoms with Crippen molar-refractivity contribution in [2.45, 2.75) is 50.6 Å². The molecule has 0 spiro atoms. The van der Waals surface area contributed by atoms with Crippen LogP contribution in [0.2, 0.25) is 5.28 Å². The van der Waals surface area contributed by atoms with Crippen molar-refractivity contribution in [3.8, 4) is 0 Å². The maximum atomic E-state index is 12.5. The minimum atomic E-state index is 0.0761. The first-order valence-electron chi connectivity index (χ1n) is 9.15. The molecule has 2 aromatic rings. The Labute approximate surface area is 156 Å². The lowest BCUT2D eigenvalue weighted by molar-refractivity contribution is -0.127. The molecular weight excluding hydrogens is 356 g/mol. The van der Waals surface area contributed by atoms with Gasteiger partial charge in [-0.05, 0) is 50.1 Å². The lowest BCUT2D eigenvalue weighted by atomic mass is 9.85. The SMILES string of the molecule is Nc1nc(Cl)nc2c1ncn2C1CCC(C(=O)NC2CCOCC2)CC1. The molecule has 4 rings (SSSR count). The van der Waals surface area contributed by atoms with Gasteiger partial charge < -0.3 is 20.4 Å². The molecule has 0 radical (unpaired) electrons. The van der Waals surface area contributed by atoms with Crippen LogP contribution >= 0.6 is 11.6 Å². The van der Waals surface area contributed by atoms with Gasteiger partial charge in [-0.3, -0.25) is 4.79 Å². The van der Waals surface area contributed by atoms with Crippen LogP contribution < -0.4 is 11.1 Å². The summed E-state index contributed by atoms with van der Waals surface area (Å²) in [4.78, 5) is 25.1. The molecule has 26 heavy (non-hydrogen) atoms. The Morgan fingerprint density at radius 2 is 1.92 bits per heavy atom. The summed E-state index contributed by atoms with van der Waals surface area (Å²) in [7, 11) is 0. The maximum absolute atomic E-state index is 12.5. The van der Waals surface area contributed by atoms with E-state index in [1.807, 2.05) is 4.57 Å². The van der Waals surface area contributed by atoms with Crippen LogP contribution in [-0.4, -0.2) is 44.7 Å². The second-order valence-electron chi connectivity index (χ2n) is 7.10. The van der Waals surface area contributed by atoms with Gasteiger partial charge in [0.2, 0.25) is 11.2 Å². The predicted octanol–water partition coefficient (Wildman–Crippen LogP) is 2.09. The highest BCUT2D eigenvalue weighted by Gasteiger charge is 2.29. The number of rotatable bonds is 3. The molecule has 1 aliphatic heterocycles. The molecule has 0 bridgehead atoms. The molecule has 140 valence electrons. The van der Waals surface area contributed by atoms with Crippen LogP contribution in [0.5, 0.6) is 0 Å². The van der Waals surface area contributed by atoms with Gasteiger partial charge in [-0.2, -0.15) is 9.97 Å². The van der Waals surface area contributed by atoms with Crippen LogP contribution in [0.4, 0.5) is 5.82 Å². The third kappa shape index (κ3) is 3.48. The molecule has 0 aromatic carbocycles. The summed E-state index contributed by atoms with van der Waals surface area (Å²) in [5, 5.41) is 3.32. The maximum Gasteiger partial charge on any atom is 0.226 e. The number of imidazole rings is 1. The minimum absolute atomic E-state index is 0.0761. The number of aromatic nitrogens is 4. The molecule has 2 fully saturated rings. The van der Waals surface area contributed by atoms with E-state index < -0.39 is 0 Å². The van der Waals surface area contributed by atoms with Crippen LogP contribution in [0.15, 0.2) is 6.33 Å². The zero-order valence-corrected chi connectivity index (χ0v) is 15.3. The Balaban J connectivity index is 1.40. The largest absolute Gasteiger partial charge is 0.382 e. The van der Waals surface area contributed by atoms with Crippen molar-refractivity contribution in [3.05, 3.63) is 11.6 Å². The average molecular weight is 379 g/mol. The van der Waals surface area contributed by atoms with E-state index in [1.54, 1.807) is 6.33 Å². The number of nitrogen functional groups attached to an aromatic ring is 1. The third-order valence-electron chi connectivity index (χ3n) is 5.45. The fourth-order valence-corrected chi connectivity index (χ4v) is 4.13. The summed E-state index contributed by atoms with van der Waals surface area (Å²) in [6.45, 7) is 1.47. The van der Waals surface area contributed by atoms with Crippen LogP contribution in [-0.2, 0) is 9.53 Å². The van der Waals surface area contributed by atoms with Gasteiger partial charge >= 0.3 is 0 Å². The van der Waals surface area contributed by atoms with Gasteiger partial charge in [0.25, 0.3) is 0 Å². The molecular formula is C17H23ClN6O2. The summed E-state index contributed by atoms with van der Waals surface area (Å²) < 4.78 is 7.37. The molecule has 2 aromatic heterocycles. The number of hydrogen-bond acceptors (Lipinski definition) is 6. The van der Waals surface area contributed by atoms with E-state index >= 15 is 0 Å². The van der Waals surface area contributed by atoms with E-state index in [1.165, 1.54) is 0 Å². The number of hydrogen-bond donors (Lipinski definition) is 2. The number of nitrogens with two attached hydrogens (primary N) is 1. The monoisotopic (exact) mass is 378 g/mol. The molecule has 1 amide bonds. The molecule has 3 heterocycles. The van der Waals surface area contributed by atoms with Crippen molar-refractivity contribution in [1.82, 2.24) is 24.8 Å². The number of anilines is 1. The summed E-state index contributed by atoms with van der Waals surface area (Å²) in [5.74, 6) is 0.552. The number of ether oxygens (including phenoxy) is 1. The standard InChI is InChI=1S/C17H23ClN6O2/c18-17-22-14(19)13-15(23-17)24(9-20-13)12-3-1-10(2-4-12)16(25)21-11-5-7-26-8-6-11/h9-12H,1-8H2,(H,21,25)(H2,19,22,23). The number of carbonyl (C=O) groups excluding carboxylic acids is 1. The normalized spacial score (nSPS) is 24.7. The molecule has 0 atom stereocenters. The summed E-state index contributed by atoms with van der Waals surface area (Å²) in [6.07, 6.45) is 7.08. The van der Waals surface area contributed by atoms with E-state index in [-0.39, 0.29) is 29.2 Å². The molecule has 9 heteroatoms. The van der Waals surface area contributed by atoms with E-state index in [4.69, 9.17) is 22.1 Å². The Morgan fingerprint density at radius 3 is 2.65 bits per heavy atom. The Morgan fingerprint density at radius 1 is 1.19 bits per heavy atom. The zero-order valence-electron chi connectivity index (χ0n) is 14.5. The smallest absolute Gasteiger partial charge is 0.226 e. The molecule has 0 unspecified atom stereocenters. The van der Waals surface area contributed by atoms with Gasteiger partial charge in [0.05, 0.1) is 6.33 Å². The topological polar surface area (TPSA) is 108 Å². The van der Waals surface area contributed by atoms with Gasteiger partial charge in [0.1, 0.15) is 5.52 Å². The molecule has 1 aliphatic carbocycles. The van der Waals surface area contributed by atoms with Crippen molar-refractivity contribution in [2.75, 3.05) is 18.9 Å². The highest BCUT2D eigenvalue weighted by atomic mass is 35.5. The van der Waals surface area contributed by atoms with Gasteiger partial charge in [-0.25, -0.2) is 4.98 Å². The summed E-state index contributed by atoms with van der Waals surface area (Å²) >= 11 is 5.94. The Hall–Kier alpha value is -1.93. The molecule has 3 N–H and O–H groups in total. The number of nitrogens with one attached hydrogen (secondary N) is 1. The van der Waals surface area contributed by atoms with Crippen molar-refractivity contribution in [1.29, 1.82) is 0 Å². The van der Waals surface area contributed by atoms with Crippen LogP contribution in [0.25, 0.3) is 11.2 Å². The molecule has 2 aliphatic rings. The first kappa shape index (κ1) is 17.5. The van der Waals surface area contributed by atoms with E-state index in [0.717, 1.165) is 51.7 Å². The molecule has 1 saturated carbocycles. The van der Waals surface area contributed by atoms with Gasteiger partial charge in [-0.15, -0.1) is 0 Å². The van der Waals surface area contributed by atoms with E-state index in [2.05, 4.69) is 20.3 Å². The zero-order chi connectivity index (χ0) is 18.1. The summed E-state index contributed by atoms with van der Waals surface area (Å²) in [6, 6.07) is 0.505. The number of fused-ring (bicyclic) bond motifs is 1. The minimum Gasteiger partial charge on any atom is -0.382 e. The highest BCUT2D eigenvalue weighted by molar-refractivity contribution is 6.28. The fraction of sp³-hybridized carbons (Fsp3) is 0.647. The average Bonchev–Trinajstić information content (AvgIpc) is 3.07. The Bertz CT molecular complexity index is 796. The van der Waals surface area contributed by atoms with Gasteiger partial charge in [0, 0.05) is 31.2 Å². The highest BCUT2D eigenvalue weighted by Crippen LogP contribution is 2.34.